The Morgan fingerprint density at radius 1 is 1.19 bits per heavy atom. The highest BCUT2D eigenvalue weighted by Crippen LogP contribution is 2.17. The van der Waals surface area contributed by atoms with E-state index in [-0.39, 0.29) is 27.5 Å². The molecule has 10 nitrogen and oxygen atoms in total. The third-order valence-electron chi connectivity index (χ3n) is 3.22. The molecule has 2 rings (SSSR count). The molecule has 0 aliphatic carbocycles. The number of nitro groups is 1. The normalized spacial score (nSPS) is 11.3. The summed E-state index contributed by atoms with van der Waals surface area (Å²) in [5.41, 5.74) is -0.00354. The number of benzene rings is 2. The second kappa shape index (κ2) is 8.09. The predicted molar refractivity (Wildman–Crippen MR) is 95.3 cm³/mol. The van der Waals surface area contributed by atoms with E-state index < -0.39 is 20.9 Å². The molecule has 1 amide bonds. The fourth-order valence-corrected chi connectivity index (χ4v) is 2.44. The molecule has 0 bridgehead atoms. The number of hydrogen-bond acceptors (Lipinski definition) is 7. The third kappa shape index (κ3) is 5.36. The fourth-order valence-electron chi connectivity index (χ4n) is 1.92. The number of hydrogen-bond donors (Lipinski definition) is 3. The zero-order valence-corrected chi connectivity index (χ0v) is 14.3. The van der Waals surface area contributed by atoms with Crippen LogP contribution in [0.3, 0.4) is 0 Å². The lowest BCUT2D eigenvalue weighted by molar-refractivity contribution is -0.384. The van der Waals surface area contributed by atoms with Crippen LogP contribution in [0.5, 0.6) is 0 Å². The van der Waals surface area contributed by atoms with Gasteiger partial charge in [-0.05, 0) is 30.3 Å². The first kappa shape index (κ1) is 19.6. The van der Waals surface area contributed by atoms with Crippen LogP contribution in [0.4, 0.5) is 17.1 Å². The Morgan fingerprint density at radius 3 is 2.41 bits per heavy atom. The summed E-state index contributed by atoms with van der Waals surface area (Å²) in [6, 6.07) is 11.8. The summed E-state index contributed by atoms with van der Waals surface area (Å²) in [6.45, 7) is 0. The van der Waals surface area contributed by atoms with Crippen molar-refractivity contribution in [3.63, 3.8) is 0 Å². The highest BCUT2D eigenvalue weighted by molar-refractivity contribution is 7.85. The van der Waals surface area contributed by atoms with Crippen molar-refractivity contribution in [2.75, 3.05) is 10.6 Å². The second-order valence-corrected chi connectivity index (χ2v) is 6.50. The van der Waals surface area contributed by atoms with Crippen LogP contribution in [0.25, 0.3) is 0 Å². The van der Waals surface area contributed by atoms with Crippen molar-refractivity contribution in [3.8, 4) is 6.07 Å². The number of nitriles is 1. The number of amides is 1. The third-order valence-corrected chi connectivity index (χ3v) is 4.07. The fraction of sp³-hybridized carbons (Fsp3) is 0. The summed E-state index contributed by atoms with van der Waals surface area (Å²) >= 11 is 0. The predicted octanol–water partition coefficient (Wildman–Crippen LogP) is 2.30. The van der Waals surface area contributed by atoms with Gasteiger partial charge in [-0.25, -0.2) is 0 Å². The summed E-state index contributed by atoms with van der Waals surface area (Å²) in [6.07, 6.45) is 1.06. The van der Waals surface area contributed by atoms with Gasteiger partial charge in [0, 0.05) is 29.7 Å². The highest BCUT2D eigenvalue weighted by atomic mass is 32.2. The molecule has 2 aromatic rings. The lowest BCUT2D eigenvalue weighted by atomic mass is 10.2. The average molecular weight is 388 g/mol. The van der Waals surface area contributed by atoms with Crippen molar-refractivity contribution in [1.29, 1.82) is 5.26 Å². The molecular weight excluding hydrogens is 376 g/mol. The van der Waals surface area contributed by atoms with Crippen LogP contribution in [0.1, 0.15) is 0 Å². The number of anilines is 2. The van der Waals surface area contributed by atoms with Crippen molar-refractivity contribution in [3.05, 3.63) is 70.4 Å². The number of carbonyl (C=O) groups is 1. The van der Waals surface area contributed by atoms with E-state index in [0.29, 0.717) is 0 Å². The van der Waals surface area contributed by atoms with Gasteiger partial charge in [-0.1, -0.05) is 6.07 Å². The van der Waals surface area contributed by atoms with Crippen LogP contribution in [-0.2, 0) is 14.9 Å². The minimum absolute atomic E-state index is 0.149. The van der Waals surface area contributed by atoms with Gasteiger partial charge in [0.2, 0.25) is 0 Å². The minimum Gasteiger partial charge on any atom is -0.360 e. The summed E-state index contributed by atoms with van der Waals surface area (Å²) in [5, 5.41) is 24.7. The SMILES string of the molecule is N#C/C(=C/Nc1cccc(S(=O)(=O)O)c1)C(=O)Nc1ccc([N+](=O)[O-])cc1. The van der Waals surface area contributed by atoms with E-state index in [1.165, 1.54) is 42.5 Å². The van der Waals surface area contributed by atoms with Crippen molar-refractivity contribution in [2.24, 2.45) is 0 Å². The molecule has 0 atom stereocenters. The molecule has 0 unspecified atom stereocenters. The standard InChI is InChI=1S/C16H12N4O6S/c17-9-11(10-18-13-2-1-3-15(8-13)27(24,25)26)16(21)19-12-4-6-14(7-5-12)20(22)23/h1-8,10,18H,(H,19,21)(H,24,25,26)/b11-10-. The van der Waals surface area contributed by atoms with Crippen LogP contribution < -0.4 is 10.6 Å². The lowest BCUT2D eigenvalue weighted by Crippen LogP contribution is -2.14. The van der Waals surface area contributed by atoms with Gasteiger partial charge < -0.3 is 10.6 Å². The van der Waals surface area contributed by atoms with Crippen LogP contribution >= 0.6 is 0 Å². The molecule has 0 aromatic heterocycles. The van der Waals surface area contributed by atoms with Gasteiger partial charge in [0.05, 0.1) is 9.82 Å². The monoisotopic (exact) mass is 388 g/mol. The van der Waals surface area contributed by atoms with E-state index in [1.54, 1.807) is 6.07 Å². The first-order valence-electron chi connectivity index (χ1n) is 7.21. The zero-order valence-electron chi connectivity index (χ0n) is 13.5. The molecule has 0 heterocycles. The molecule has 0 radical (unpaired) electrons. The number of carbonyl (C=O) groups excluding carboxylic acids is 1. The minimum atomic E-state index is -4.39. The summed E-state index contributed by atoms with van der Waals surface area (Å²) in [4.78, 5) is 21.8. The van der Waals surface area contributed by atoms with Gasteiger partial charge in [0.25, 0.3) is 21.7 Å². The number of rotatable bonds is 6. The Balaban J connectivity index is 2.12. The molecule has 0 saturated carbocycles. The zero-order chi connectivity index (χ0) is 20.0. The topological polar surface area (TPSA) is 162 Å². The van der Waals surface area contributed by atoms with Crippen molar-refractivity contribution < 1.29 is 22.7 Å². The molecule has 0 aliphatic rings. The maximum Gasteiger partial charge on any atom is 0.294 e. The van der Waals surface area contributed by atoms with Crippen molar-refractivity contribution in [2.45, 2.75) is 4.90 Å². The Labute approximate surface area is 153 Å². The van der Waals surface area contributed by atoms with Crippen LogP contribution in [-0.4, -0.2) is 23.8 Å². The highest BCUT2D eigenvalue weighted by Gasteiger charge is 2.12. The van der Waals surface area contributed by atoms with Gasteiger partial charge >= 0.3 is 0 Å². The van der Waals surface area contributed by atoms with Crippen LogP contribution in [0, 0.1) is 21.4 Å². The van der Waals surface area contributed by atoms with Gasteiger partial charge in [0.15, 0.2) is 0 Å². The Hall–Kier alpha value is -3.75. The molecule has 0 saturated heterocycles. The van der Waals surface area contributed by atoms with Gasteiger partial charge in [-0.3, -0.25) is 19.5 Å². The quantitative estimate of drug-likeness (QED) is 0.223. The van der Waals surface area contributed by atoms with E-state index in [1.807, 2.05) is 0 Å². The van der Waals surface area contributed by atoms with E-state index in [9.17, 15) is 23.3 Å². The number of nitro benzene ring substituents is 1. The summed E-state index contributed by atoms with van der Waals surface area (Å²) in [5.74, 6) is -0.773. The molecule has 0 spiro atoms. The first-order chi connectivity index (χ1) is 12.7. The average Bonchev–Trinajstić information content (AvgIpc) is 2.62. The Bertz CT molecular complexity index is 1060. The number of non-ortho nitro benzene ring substituents is 1. The lowest BCUT2D eigenvalue weighted by Gasteiger charge is -2.06. The number of nitrogens with one attached hydrogen (secondary N) is 2. The van der Waals surface area contributed by atoms with E-state index in [2.05, 4.69) is 10.6 Å². The molecule has 0 fully saturated rings. The molecule has 2 aromatic carbocycles. The molecule has 3 N–H and O–H groups in total. The van der Waals surface area contributed by atoms with E-state index in [4.69, 9.17) is 9.81 Å². The van der Waals surface area contributed by atoms with Crippen LogP contribution in [0.15, 0.2) is 65.2 Å². The van der Waals surface area contributed by atoms with Gasteiger partial charge in [0.1, 0.15) is 11.6 Å². The van der Waals surface area contributed by atoms with E-state index >= 15 is 0 Å². The summed E-state index contributed by atoms with van der Waals surface area (Å²) < 4.78 is 31.2. The van der Waals surface area contributed by atoms with Crippen molar-refractivity contribution in [1.82, 2.24) is 0 Å². The smallest absolute Gasteiger partial charge is 0.294 e. The summed E-state index contributed by atoms with van der Waals surface area (Å²) in [7, 11) is -4.39. The second-order valence-electron chi connectivity index (χ2n) is 5.08. The molecule has 27 heavy (non-hydrogen) atoms. The van der Waals surface area contributed by atoms with Gasteiger partial charge in [-0.15, -0.1) is 0 Å². The van der Waals surface area contributed by atoms with E-state index in [0.717, 1.165) is 12.3 Å². The van der Waals surface area contributed by atoms with Crippen molar-refractivity contribution >= 4 is 33.1 Å². The maximum atomic E-state index is 12.1. The largest absolute Gasteiger partial charge is 0.360 e. The Kier molecular flexibility index (Phi) is 5.86. The molecule has 0 aliphatic heterocycles. The van der Waals surface area contributed by atoms with Gasteiger partial charge in [-0.2, -0.15) is 13.7 Å². The van der Waals surface area contributed by atoms with Crippen LogP contribution in [0.2, 0.25) is 0 Å². The Morgan fingerprint density at radius 2 is 1.85 bits per heavy atom. The first-order valence-corrected chi connectivity index (χ1v) is 8.65. The molecule has 11 heteroatoms. The number of nitrogens with zero attached hydrogens (tertiary/aromatic N) is 2. The molecular formula is C16H12N4O6S. The maximum absolute atomic E-state index is 12.1. The molecule has 138 valence electrons.